The third-order valence-electron chi connectivity index (χ3n) is 4.51. The molecule has 2 aromatic heterocycles. The number of hydrogen-bond donors (Lipinski definition) is 0. The number of esters is 1. The van der Waals surface area contributed by atoms with Crippen LogP contribution in [0.4, 0.5) is 0 Å². The number of benzene rings is 1. The summed E-state index contributed by atoms with van der Waals surface area (Å²) < 4.78 is 18.0. The fourth-order valence-corrected chi connectivity index (χ4v) is 3.01. The Labute approximate surface area is 163 Å². The third-order valence-corrected chi connectivity index (χ3v) is 4.51. The molecule has 0 aliphatic carbocycles. The van der Waals surface area contributed by atoms with Crippen LogP contribution in [-0.4, -0.2) is 29.5 Å². The van der Waals surface area contributed by atoms with Crippen LogP contribution in [0.2, 0.25) is 0 Å². The Kier molecular flexibility index (Phi) is 5.99. The maximum absolute atomic E-state index is 12.5. The molecule has 0 amide bonds. The van der Waals surface area contributed by atoms with Gasteiger partial charge in [-0.25, -0.2) is 4.79 Å². The first-order valence-corrected chi connectivity index (χ1v) is 9.12. The predicted octanol–water partition coefficient (Wildman–Crippen LogP) is 4.18. The highest BCUT2D eigenvalue weighted by atomic mass is 16.5. The number of carbonyl (C=O) groups excluding carboxylic acids is 2. The minimum Gasteiger partial charge on any atom is -0.494 e. The number of rotatable bonds is 8. The predicted molar refractivity (Wildman–Crippen MR) is 104 cm³/mol. The number of aromatic nitrogens is 1. The fourth-order valence-electron chi connectivity index (χ4n) is 3.01. The van der Waals surface area contributed by atoms with E-state index in [4.69, 9.17) is 13.9 Å². The van der Waals surface area contributed by atoms with Crippen LogP contribution in [-0.2, 0) is 11.3 Å². The Bertz CT molecular complexity index is 952. The van der Waals surface area contributed by atoms with Gasteiger partial charge in [0.1, 0.15) is 11.5 Å². The lowest BCUT2D eigenvalue weighted by Crippen LogP contribution is -2.15. The first-order valence-electron chi connectivity index (χ1n) is 9.12. The summed E-state index contributed by atoms with van der Waals surface area (Å²) >= 11 is 0. The minimum atomic E-state index is -0.516. The maximum atomic E-state index is 12.5. The van der Waals surface area contributed by atoms with Crippen molar-refractivity contribution in [1.82, 2.24) is 4.57 Å². The molecule has 0 N–H and O–H groups in total. The Hall–Kier alpha value is -3.28. The maximum Gasteiger partial charge on any atom is 0.340 e. The lowest BCUT2D eigenvalue weighted by Gasteiger charge is -2.08. The van der Waals surface area contributed by atoms with Crippen LogP contribution >= 0.6 is 0 Å². The monoisotopic (exact) mass is 381 g/mol. The van der Waals surface area contributed by atoms with Gasteiger partial charge in [-0.15, -0.1) is 0 Å². The van der Waals surface area contributed by atoms with Crippen molar-refractivity contribution in [1.29, 1.82) is 0 Å². The summed E-state index contributed by atoms with van der Waals surface area (Å²) in [5, 5.41) is 0. The van der Waals surface area contributed by atoms with E-state index < -0.39 is 5.97 Å². The molecule has 0 radical (unpaired) electrons. The molecule has 2 heterocycles. The van der Waals surface area contributed by atoms with E-state index in [9.17, 15) is 9.59 Å². The Balaban J connectivity index is 1.64. The number of nitrogens with zero attached hydrogens (tertiary/aromatic N) is 1. The molecular weight excluding hydrogens is 358 g/mol. The molecule has 0 spiro atoms. The van der Waals surface area contributed by atoms with E-state index in [1.165, 1.54) is 0 Å². The van der Waals surface area contributed by atoms with E-state index in [1.54, 1.807) is 36.6 Å². The zero-order chi connectivity index (χ0) is 20.1. The zero-order valence-corrected chi connectivity index (χ0v) is 16.2. The van der Waals surface area contributed by atoms with Gasteiger partial charge < -0.3 is 18.5 Å². The molecule has 1 aromatic carbocycles. The van der Waals surface area contributed by atoms with Gasteiger partial charge in [-0.2, -0.15) is 0 Å². The second-order valence-corrected chi connectivity index (χ2v) is 6.41. The van der Waals surface area contributed by atoms with Crippen molar-refractivity contribution in [2.24, 2.45) is 0 Å². The molecule has 0 fully saturated rings. The highest BCUT2D eigenvalue weighted by Crippen LogP contribution is 2.19. The number of ketones is 1. The first kappa shape index (κ1) is 19.5. The normalized spacial score (nSPS) is 10.7. The average molecular weight is 381 g/mol. The zero-order valence-electron chi connectivity index (χ0n) is 16.2. The summed E-state index contributed by atoms with van der Waals surface area (Å²) in [5.74, 6) is 0.714. The highest BCUT2D eigenvalue weighted by molar-refractivity contribution is 5.99. The van der Waals surface area contributed by atoms with E-state index in [2.05, 4.69) is 0 Å². The molecule has 0 saturated carbocycles. The van der Waals surface area contributed by atoms with Crippen molar-refractivity contribution in [3.05, 3.63) is 77.0 Å². The van der Waals surface area contributed by atoms with Gasteiger partial charge >= 0.3 is 5.97 Å². The first-order chi connectivity index (χ1) is 13.5. The van der Waals surface area contributed by atoms with Crippen molar-refractivity contribution in [3.63, 3.8) is 0 Å². The van der Waals surface area contributed by atoms with Crippen molar-refractivity contribution in [2.45, 2.75) is 27.3 Å². The van der Waals surface area contributed by atoms with Crippen LogP contribution in [0.5, 0.6) is 5.75 Å². The quantitative estimate of drug-likeness (QED) is 0.432. The van der Waals surface area contributed by atoms with Crippen molar-refractivity contribution < 1.29 is 23.5 Å². The number of ether oxygens (including phenoxy) is 2. The van der Waals surface area contributed by atoms with Crippen molar-refractivity contribution >= 4 is 11.8 Å². The van der Waals surface area contributed by atoms with E-state index in [-0.39, 0.29) is 12.4 Å². The highest BCUT2D eigenvalue weighted by Gasteiger charge is 2.19. The summed E-state index contributed by atoms with van der Waals surface area (Å²) in [4.78, 5) is 24.8. The van der Waals surface area contributed by atoms with Crippen molar-refractivity contribution in [3.8, 4) is 5.75 Å². The largest absolute Gasteiger partial charge is 0.494 e. The van der Waals surface area contributed by atoms with Crippen LogP contribution in [0.25, 0.3) is 0 Å². The summed E-state index contributed by atoms with van der Waals surface area (Å²) in [6, 6.07) is 12.2. The van der Waals surface area contributed by atoms with Gasteiger partial charge in [0.05, 0.1) is 25.0 Å². The Morgan fingerprint density at radius 2 is 1.86 bits per heavy atom. The molecule has 0 saturated heterocycles. The molecule has 0 bridgehead atoms. The molecule has 3 aromatic rings. The van der Waals surface area contributed by atoms with Gasteiger partial charge in [0.15, 0.2) is 12.4 Å². The summed E-state index contributed by atoms with van der Waals surface area (Å²) in [6.45, 7) is 6.43. The van der Waals surface area contributed by atoms with Crippen LogP contribution in [0, 0.1) is 13.8 Å². The van der Waals surface area contributed by atoms with Crippen LogP contribution < -0.4 is 4.74 Å². The number of carbonyl (C=O) groups is 2. The van der Waals surface area contributed by atoms with Gasteiger partial charge in [0.2, 0.25) is 0 Å². The topological polar surface area (TPSA) is 70.7 Å². The molecule has 28 heavy (non-hydrogen) atoms. The number of aryl methyl sites for hydroxylation is 1. The molecule has 0 unspecified atom stereocenters. The molecule has 146 valence electrons. The summed E-state index contributed by atoms with van der Waals surface area (Å²) in [6.07, 6.45) is 1.62. The second-order valence-electron chi connectivity index (χ2n) is 6.41. The average Bonchev–Trinajstić information content (AvgIpc) is 3.30. The van der Waals surface area contributed by atoms with E-state index in [0.717, 1.165) is 17.1 Å². The SMILES string of the molecule is CCOc1ccc(C(=O)COC(=O)c2cc(C)n(Cc3ccco3)c2C)cc1. The third kappa shape index (κ3) is 4.34. The van der Waals surface area contributed by atoms with Crippen LogP contribution in [0.15, 0.2) is 53.1 Å². The van der Waals surface area contributed by atoms with Gasteiger partial charge in [-0.3, -0.25) is 4.79 Å². The standard InChI is InChI=1S/C22H23NO5/c1-4-26-18-9-7-17(8-10-18)21(24)14-28-22(25)20-12-15(2)23(16(20)3)13-19-6-5-11-27-19/h5-12H,4,13-14H2,1-3H3. The Morgan fingerprint density at radius 3 is 2.50 bits per heavy atom. The number of furan rings is 1. The van der Waals surface area contributed by atoms with E-state index in [0.29, 0.717) is 30.0 Å². The molecule has 0 aliphatic heterocycles. The minimum absolute atomic E-state index is 0.263. The number of hydrogen-bond acceptors (Lipinski definition) is 5. The smallest absolute Gasteiger partial charge is 0.340 e. The summed E-state index contributed by atoms with van der Waals surface area (Å²) in [7, 11) is 0. The van der Waals surface area contributed by atoms with Crippen LogP contribution in [0.1, 0.15) is 44.8 Å². The molecular formula is C22H23NO5. The fraction of sp³-hybridized carbons (Fsp3) is 0.273. The van der Waals surface area contributed by atoms with Gasteiger partial charge in [-0.1, -0.05) is 0 Å². The lowest BCUT2D eigenvalue weighted by atomic mass is 10.1. The van der Waals surface area contributed by atoms with Gasteiger partial charge in [0, 0.05) is 17.0 Å². The van der Waals surface area contributed by atoms with E-state index >= 15 is 0 Å². The molecule has 0 atom stereocenters. The molecule has 6 nitrogen and oxygen atoms in total. The van der Waals surface area contributed by atoms with Gasteiger partial charge in [0.25, 0.3) is 0 Å². The molecule has 3 rings (SSSR count). The van der Waals surface area contributed by atoms with Crippen molar-refractivity contribution in [2.75, 3.05) is 13.2 Å². The molecule has 0 aliphatic rings. The van der Waals surface area contributed by atoms with Crippen LogP contribution in [0.3, 0.4) is 0 Å². The molecule has 6 heteroatoms. The lowest BCUT2D eigenvalue weighted by molar-refractivity contribution is 0.0474. The van der Waals surface area contributed by atoms with E-state index in [1.807, 2.05) is 37.5 Å². The Morgan fingerprint density at radius 1 is 1.11 bits per heavy atom. The second kappa shape index (κ2) is 8.61. The number of Topliss-reactive ketones (excluding diaryl/α,β-unsaturated/α-hetero) is 1. The summed E-state index contributed by atoms with van der Waals surface area (Å²) in [5.41, 5.74) is 2.61. The van der Waals surface area contributed by atoms with Gasteiger partial charge in [-0.05, 0) is 63.2 Å².